The van der Waals surface area contributed by atoms with Gasteiger partial charge in [0, 0.05) is 16.8 Å². The highest BCUT2D eigenvalue weighted by atomic mass is 16.5. The number of carbonyl (C=O) groups excluding carboxylic acids is 1. The largest absolute Gasteiger partial charge is 0.491 e. The van der Waals surface area contributed by atoms with E-state index in [0.717, 1.165) is 22.2 Å². The molecule has 1 N–H and O–H groups in total. The highest BCUT2D eigenvalue weighted by molar-refractivity contribution is 6.05. The summed E-state index contributed by atoms with van der Waals surface area (Å²) in [6.45, 7) is 5.85. The van der Waals surface area contributed by atoms with E-state index >= 15 is 0 Å². The van der Waals surface area contributed by atoms with E-state index in [1.54, 1.807) is 12.1 Å². The molecular formula is C24H22N2O3. The van der Waals surface area contributed by atoms with Gasteiger partial charge in [-0.2, -0.15) is 0 Å². The van der Waals surface area contributed by atoms with Gasteiger partial charge < -0.3 is 14.5 Å². The van der Waals surface area contributed by atoms with Gasteiger partial charge in [-0.05, 0) is 68.8 Å². The number of fused-ring (bicyclic) bond motifs is 1. The second-order valence-corrected chi connectivity index (χ2v) is 7.11. The molecule has 0 bridgehead atoms. The minimum absolute atomic E-state index is 0.0450. The average Bonchev–Trinajstić information content (AvgIpc) is 3.13. The number of carbonyl (C=O) groups is 1. The molecule has 0 spiro atoms. The van der Waals surface area contributed by atoms with E-state index in [1.165, 1.54) is 0 Å². The lowest BCUT2D eigenvalue weighted by molar-refractivity contribution is 0.102. The first kappa shape index (κ1) is 18.7. The quantitative estimate of drug-likeness (QED) is 0.468. The average molecular weight is 386 g/mol. The van der Waals surface area contributed by atoms with Gasteiger partial charge in [0.05, 0.1) is 6.10 Å². The van der Waals surface area contributed by atoms with Crippen molar-refractivity contribution in [1.82, 2.24) is 4.98 Å². The number of oxazole rings is 1. The SMILES string of the molecule is Cc1c(NC(=O)c2cccc(OC(C)C)c2)cccc1-c1nc2ccccc2o1. The fourth-order valence-corrected chi connectivity index (χ4v) is 3.17. The van der Waals surface area contributed by atoms with Crippen molar-refractivity contribution in [2.75, 3.05) is 5.32 Å². The molecule has 3 aromatic carbocycles. The number of benzene rings is 3. The number of hydrogen-bond donors (Lipinski definition) is 1. The van der Waals surface area contributed by atoms with Gasteiger partial charge in [-0.25, -0.2) is 4.98 Å². The van der Waals surface area contributed by atoms with Gasteiger partial charge in [-0.3, -0.25) is 4.79 Å². The van der Waals surface area contributed by atoms with Crippen LogP contribution in [-0.4, -0.2) is 17.0 Å². The third-order valence-electron chi connectivity index (χ3n) is 4.57. The van der Waals surface area contributed by atoms with Crippen molar-refractivity contribution in [3.8, 4) is 17.2 Å². The summed E-state index contributed by atoms with van der Waals surface area (Å²) in [5.41, 5.74) is 4.52. The Morgan fingerprint density at radius 2 is 1.83 bits per heavy atom. The van der Waals surface area contributed by atoms with Gasteiger partial charge in [0.1, 0.15) is 11.3 Å². The molecule has 0 saturated heterocycles. The number of aromatic nitrogens is 1. The fraction of sp³-hybridized carbons (Fsp3) is 0.167. The summed E-state index contributed by atoms with van der Waals surface area (Å²) in [7, 11) is 0. The molecule has 5 heteroatoms. The minimum atomic E-state index is -0.197. The number of hydrogen-bond acceptors (Lipinski definition) is 4. The maximum absolute atomic E-state index is 12.8. The van der Waals surface area contributed by atoms with Gasteiger partial charge >= 0.3 is 0 Å². The van der Waals surface area contributed by atoms with Crippen LogP contribution in [-0.2, 0) is 0 Å². The van der Waals surface area contributed by atoms with E-state index in [-0.39, 0.29) is 12.0 Å². The molecule has 1 amide bonds. The van der Waals surface area contributed by atoms with Crippen molar-refractivity contribution in [3.05, 3.63) is 77.9 Å². The molecule has 5 nitrogen and oxygen atoms in total. The molecule has 29 heavy (non-hydrogen) atoms. The Bertz CT molecular complexity index is 1140. The number of amides is 1. The first-order valence-electron chi connectivity index (χ1n) is 9.55. The molecule has 0 saturated carbocycles. The number of nitrogens with zero attached hydrogens (tertiary/aromatic N) is 1. The lowest BCUT2D eigenvalue weighted by atomic mass is 10.1. The summed E-state index contributed by atoms with van der Waals surface area (Å²) in [6.07, 6.45) is 0.0450. The van der Waals surface area contributed by atoms with Gasteiger partial charge in [-0.1, -0.05) is 24.3 Å². The number of nitrogens with one attached hydrogen (secondary N) is 1. The maximum atomic E-state index is 12.8. The first-order valence-corrected chi connectivity index (χ1v) is 9.55. The van der Waals surface area contributed by atoms with Gasteiger partial charge in [0.2, 0.25) is 5.89 Å². The molecule has 4 rings (SSSR count). The second kappa shape index (κ2) is 7.80. The molecule has 0 radical (unpaired) electrons. The van der Waals surface area contributed by atoms with Crippen LogP contribution in [0.3, 0.4) is 0 Å². The summed E-state index contributed by atoms with van der Waals surface area (Å²) in [5.74, 6) is 1.01. The van der Waals surface area contributed by atoms with Crippen molar-refractivity contribution in [2.45, 2.75) is 26.9 Å². The molecular weight excluding hydrogens is 364 g/mol. The predicted molar refractivity (Wildman–Crippen MR) is 114 cm³/mol. The Morgan fingerprint density at radius 3 is 2.62 bits per heavy atom. The van der Waals surface area contributed by atoms with Crippen LogP contribution in [0.15, 0.2) is 71.1 Å². The predicted octanol–water partition coefficient (Wildman–Crippen LogP) is 5.84. The third kappa shape index (κ3) is 3.99. The molecule has 0 aliphatic carbocycles. The number of anilines is 1. The molecule has 0 aliphatic rings. The molecule has 0 fully saturated rings. The zero-order valence-corrected chi connectivity index (χ0v) is 16.6. The highest BCUT2D eigenvalue weighted by Gasteiger charge is 2.15. The minimum Gasteiger partial charge on any atom is -0.491 e. The van der Waals surface area contributed by atoms with Crippen LogP contribution in [0.5, 0.6) is 5.75 Å². The van der Waals surface area contributed by atoms with Crippen LogP contribution in [0.4, 0.5) is 5.69 Å². The van der Waals surface area contributed by atoms with Crippen LogP contribution in [0.1, 0.15) is 29.8 Å². The molecule has 1 heterocycles. The zero-order chi connectivity index (χ0) is 20.4. The van der Waals surface area contributed by atoms with E-state index in [4.69, 9.17) is 9.15 Å². The smallest absolute Gasteiger partial charge is 0.255 e. The van der Waals surface area contributed by atoms with Crippen molar-refractivity contribution in [2.24, 2.45) is 0 Å². The fourth-order valence-electron chi connectivity index (χ4n) is 3.17. The zero-order valence-electron chi connectivity index (χ0n) is 16.6. The van der Waals surface area contributed by atoms with Crippen LogP contribution in [0, 0.1) is 6.92 Å². The van der Waals surface area contributed by atoms with Crippen molar-refractivity contribution in [1.29, 1.82) is 0 Å². The normalized spacial score (nSPS) is 11.0. The topological polar surface area (TPSA) is 64.4 Å². The summed E-state index contributed by atoms with van der Waals surface area (Å²) in [5, 5.41) is 2.99. The molecule has 1 aromatic heterocycles. The number of para-hydroxylation sites is 2. The van der Waals surface area contributed by atoms with Crippen molar-refractivity contribution in [3.63, 3.8) is 0 Å². The van der Waals surface area contributed by atoms with Crippen molar-refractivity contribution >= 4 is 22.7 Å². The standard InChI is InChI=1S/C24H22N2O3/c1-15(2)28-18-9-6-8-17(14-18)23(27)25-20-12-7-10-19(16(20)3)24-26-21-11-4-5-13-22(21)29-24/h4-15H,1-3H3,(H,25,27). The second-order valence-electron chi connectivity index (χ2n) is 7.11. The first-order chi connectivity index (χ1) is 14.0. The van der Waals surface area contributed by atoms with Crippen LogP contribution >= 0.6 is 0 Å². The summed E-state index contributed by atoms with van der Waals surface area (Å²) < 4.78 is 11.6. The monoisotopic (exact) mass is 386 g/mol. The number of ether oxygens (including phenoxy) is 1. The Morgan fingerprint density at radius 1 is 1.03 bits per heavy atom. The highest BCUT2D eigenvalue weighted by Crippen LogP contribution is 2.30. The molecule has 4 aromatic rings. The van der Waals surface area contributed by atoms with E-state index in [9.17, 15) is 4.79 Å². The van der Waals surface area contributed by atoms with E-state index < -0.39 is 0 Å². The Labute approximate surface area is 169 Å². The van der Waals surface area contributed by atoms with Crippen LogP contribution < -0.4 is 10.1 Å². The summed E-state index contributed by atoms with van der Waals surface area (Å²) >= 11 is 0. The van der Waals surface area contributed by atoms with E-state index in [1.807, 2.05) is 75.4 Å². The summed E-state index contributed by atoms with van der Waals surface area (Å²) in [4.78, 5) is 17.4. The van der Waals surface area contributed by atoms with Gasteiger partial charge in [0.25, 0.3) is 5.91 Å². The Hall–Kier alpha value is -3.60. The molecule has 0 aliphatic heterocycles. The van der Waals surface area contributed by atoms with Gasteiger partial charge in [-0.15, -0.1) is 0 Å². The Kier molecular flexibility index (Phi) is 5.04. The van der Waals surface area contributed by atoms with Crippen LogP contribution in [0.2, 0.25) is 0 Å². The molecule has 0 atom stereocenters. The molecule has 0 unspecified atom stereocenters. The summed E-state index contributed by atoms with van der Waals surface area (Å²) in [6, 6.07) is 20.5. The maximum Gasteiger partial charge on any atom is 0.255 e. The van der Waals surface area contributed by atoms with E-state index in [0.29, 0.717) is 22.9 Å². The molecule has 146 valence electrons. The lowest BCUT2D eigenvalue weighted by Crippen LogP contribution is -2.13. The van der Waals surface area contributed by atoms with E-state index in [2.05, 4.69) is 10.3 Å². The number of rotatable bonds is 5. The van der Waals surface area contributed by atoms with Crippen molar-refractivity contribution < 1.29 is 13.9 Å². The lowest BCUT2D eigenvalue weighted by Gasteiger charge is -2.13. The Balaban J connectivity index is 1.61. The third-order valence-corrected chi connectivity index (χ3v) is 4.57. The van der Waals surface area contributed by atoms with Gasteiger partial charge in [0.15, 0.2) is 5.58 Å². The van der Waals surface area contributed by atoms with Crippen LogP contribution in [0.25, 0.3) is 22.6 Å².